The molecule has 2 aliphatic rings. The van der Waals surface area contributed by atoms with E-state index in [1.807, 2.05) is 70.3 Å². The van der Waals surface area contributed by atoms with Gasteiger partial charge in [-0.3, -0.25) is 9.69 Å². The normalized spacial score (nSPS) is 18.6. The van der Waals surface area contributed by atoms with Gasteiger partial charge in [0.1, 0.15) is 29.3 Å². The van der Waals surface area contributed by atoms with Crippen molar-refractivity contribution < 1.29 is 9.53 Å². The minimum Gasteiger partial charge on any atom is -0.457 e. The summed E-state index contributed by atoms with van der Waals surface area (Å²) in [6, 6.07) is 18.0. The molecule has 2 fully saturated rings. The van der Waals surface area contributed by atoms with Crippen LogP contribution in [0.5, 0.6) is 11.5 Å². The number of aromatic nitrogens is 4. The Bertz CT molecular complexity index is 1560. The number of carbonyl (C=O) groups is 1. The summed E-state index contributed by atoms with van der Waals surface area (Å²) in [5.74, 6) is 1.94. The summed E-state index contributed by atoms with van der Waals surface area (Å²) in [6.45, 7) is 4.33. The number of likely N-dealkylation sites (N-methyl/N-ethyl adjacent to an activating group) is 1. The molecule has 0 spiro atoms. The Morgan fingerprint density at radius 3 is 2.53 bits per heavy atom. The van der Waals surface area contributed by atoms with Crippen molar-refractivity contribution in [2.24, 2.45) is 0 Å². The van der Waals surface area contributed by atoms with Crippen LogP contribution in [0.3, 0.4) is 0 Å². The minimum atomic E-state index is -0.0146. The number of hydrogen-bond donors (Lipinski definition) is 1. The molecular formula is C33H40N8O2. The molecule has 10 nitrogen and oxygen atoms in total. The lowest BCUT2D eigenvalue weighted by Crippen LogP contribution is -2.42. The van der Waals surface area contributed by atoms with Crippen molar-refractivity contribution in [2.45, 2.75) is 37.8 Å². The van der Waals surface area contributed by atoms with Crippen molar-refractivity contribution >= 4 is 22.8 Å². The molecule has 0 bridgehead atoms. The smallest absolute Gasteiger partial charge is 0.246 e. The van der Waals surface area contributed by atoms with Gasteiger partial charge in [0.25, 0.3) is 0 Å². The number of likely N-dealkylation sites (tertiary alicyclic amines) is 2. The van der Waals surface area contributed by atoms with Gasteiger partial charge in [0.05, 0.1) is 11.4 Å². The summed E-state index contributed by atoms with van der Waals surface area (Å²) in [6.07, 6.45) is 9.35. The number of nitrogens with two attached hydrogens (primary N) is 1. The number of fused-ring (bicyclic) bond motifs is 1. The number of amides is 1. The third-order valence-electron chi connectivity index (χ3n) is 8.64. The number of para-hydroxylation sites is 1. The molecule has 1 atom stereocenters. The summed E-state index contributed by atoms with van der Waals surface area (Å²) >= 11 is 0. The first-order valence-electron chi connectivity index (χ1n) is 15.1. The Morgan fingerprint density at radius 2 is 1.77 bits per heavy atom. The molecular weight excluding hydrogens is 540 g/mol. The maximum absolute atomic E-state index is 13.2. The van der Waals surface area contributed by atoms with Gasteiger partial charge in [0, 0.05) is 37.3 Å². The molecule has 2 N–H and O–H groups in total. The predicted molar refractivity (Wildman–Crippen MR) is 169 cm³/mol. The molecule has 43 heavy (non-hydrogen) atoms. The summed E-state index contributed by atoms with van der Waals surface area (Å²) in [5.41, 5.74) is 8.67. The van der Waals surface area contributed by atoms with E-state index < -0.39 is 0 Å². The lowest BCUT2D eigenvalue weighted by atomic mass is 10.0. The molecule has 0 aliphatic carbocycles. The number of benzene rings is 2. The van der Waals surface area contributed by atoms with E-state index in [1.54, 1.807) is 6.08 Å². The van der Waals surface area contributed by atoms with Gasteiger partial charge in [0.2, 0.25) is 5.91 Å². The fourth-order valence-electron chi connectivity index (χ4n) is 6.12. The number of anilines is 1. The second-order valence-corrected chi connectivity index (χ2v) is 11.6. The number of carbonyl (C=O) groups excluding carboxylic acids is 1. The fourth-order valence-corrected chi connectivity index (χ4v) is 6.12. The molecule has 1 amide bonds. The van der Waals surface area contributed by atoms with Gasteiger partial charge in [-0.2, -0.15) is 5.10 Å². The van der Waals surface area contributed by atoms with Crippen LogP contribution in [0.25, 0.3) is 22.3 Å². The predicted octanol–water partition coefficient (Wildman–Crippen LogP) is 4.61. The average molecular weight is 581 g/mol. The van der Waals surface area contributed by atoms with Gasteiger partial charge in [-0.05, 0) is 89.3 Å². The molecule has 1 unspecified atom stereocenters. The summed E-state index contributed by atoms with van der Waals surface area (Å²) < 4.78 is 7.91. The van der Waals surface area contributed by atoms with Gasteiger partial charge >= 0.3 is 0 Å². The third kappa shape index (κ3) is 6.55. The lowest BCUT2D eigenvalue weighted by molar-refractivity contribution is -0.127. The second kappa shape index (κ2) is 12.9. The van der Waals surface area contributed by atoms with E-state index in [9.17, 15) is 4.79 Å². The molecule has 0 radical (unpaired) electrons. The number of ether oxygens (including phenoxy) is 1. The molecule has 4 heterocycles. The van der Waals surface area contributed by atoms with Crippen LogP contribution >= 0.6 is 0 Å². The zero-order valence-corrected chi connectivity index (χ0v) is 25.0. The molecule has 10 heteroatoms. The Kier molecular flexibility index (Phi) is 8.67. The molecule has 6 rings (SSSR count). The highest BCUT2D eigenvalue weighted by Crippen LogP contribution is 2.35. The van der Waals surface area contributed by atoms with Crippen molar-refractivity contribution in [3.63, 3.8) is 0 Å². The number of rotatable bonds is 8. The quantitative estimate of drug-likeness (QED) is 0.301. The zero-order valence-electron chi connectivity index (χ0n) is 25.0. The van der Waals surface area contributed by atoms with Crippen LogP contribution in [0.15, 0.2) is 73.1 Å². The van der Waals surface area contributed by atoms with Gasteiger partial charge in [-0.25, -0.2) is 14.6 Å². The summed E-state index contributed by atoms with van der Waals surface area (Å²) in [4.78, 5) is 28.7. The highest BCUT2D eigenvalue weighted by molar-refractivity contribution is 5.98. The van der Waals surface area contributed by atoms with E-state index in [0.29, 0.717) is 24.1 Å². The highest BCUT2D eigenvalue weighted by atomic mass is 16.5. The maximum Gasteiger partial charge on any atom is 0.246 e. The number of hydrogen-bond acceptors (Lipinski definition) is 8. The largest absolute Gasteiger partial charge is 0.457 e. The van der Waals surface area contributed by atoms with E-state index in [-0.39, 0.29) is 11.9 Å². The van der Waals surface area contributed by atoms with E-state index in [4.69, 9.17) is 15.6 Å². The molecule has 2 aliphatic heterocycles. The van der Waals surface area contributed by atoms with Gasteiger partial charge in [-0.1, -0.05) is 24.3 Å². The number of nitrogens with zero attached hydrogens (tertiary/aromatic N) is 7. The molecule has 2 aromatic carbocycles. The summed E-state index contributed by atoms with van der Waals surface area (Å²) in [5, 5.41) is 5.74. The first-order valence-corrected chi connectivity index (χ1v) is 15.1. The van der Waals surface area contributed by atoms with Crippen LogP contribution < -0.4 is 10.5 Å². The van der Waals surface area contributed by atoms with Crippen LogP contribution in [0.2, 0.25) is 0 Å². The Labute approximate surface area is 252 Å². The van der Waals surface area contributed by atoms with Crippen molar-refractivity contribution in [2.75, 3.05) is 52.6 Å². The topological polar surface area (TPSA) is 106 Å². The lowest BCUT2D eigenvalue weighted by Gasteiger charge is -2.34. The summed E-state index contributed by atoms with van der Waals surface area (Å²) in [7, 11) is 4.33. The van der Waals surface area contributed by atoms with Gasteiger partial charge in [0.15, 0.2) is 5.65 Å². The standard InChI is InChI=1S/C33H40N8O2/c1-38-20-16-25(17-21-38)39(2)18-7-11-29(42)40-19-6-8-26(22-40)41-33-30(32(34)35-23-36-33)31(37-41)24-12-14-28(15-13-24)43-27-9-4-3-5-10-27/h3-5,7,9-15,23,25-26H,6,8,16-22H2,1-2H3,(H2,34,35,36). The zero-order chi connectivity index (χ0) is 29.8. The first-order chi connectivity index (χ1) is 21.0. The number of nitrogen functional groups attached to an aromatic ring is 1. The monoisotopic (exact) mass is 580 g/mol. The fraction of sp³-hybridized carbons (Fsp3) is 0.394. The Morgan fingerprint density at radius 1 is 1.02 bits per heavy atom. The molecule has 2 saturated heterocycles. The second-order valence-electron chi connectivity index (χ2n) is 11.6. The van der Waals surface area contributed by atoms with Crippen LogP contribution in [-0.4, -0.2) is 93.2 Å². The first kappa shape index (κ1) is 28.8. The van der Waals surface area contributed by atoms with E-state index in [0.717, 1.165) is 67.2 Å². The SMILES string of the molecule is CN1CCC(N(C)CC=CC(=O)N2CCCC(n3nc(-c4ccc(Oc5ccccc5)cc4)c4c(N)ncnc43)C2)CC1. The van der Waals surface area contributed by atoms with E-state index in [1.165, 1.54) is 19.2 Å². The number of piperidine rings is 2. The van der Waals surface area contributed by atoms with Crippen LogP contribution in [0, 0.1) is 0 Å². The minimum absolute atomic E-state index is 0.0146. The Balaban J connectivity index is 1.16. The van der Waals surface area contributed by atoms with Crippen molar-refractivity contribution in [3.8, 4) is 22.8 Å². The van der Waals surface area contributed by atoms with Crippen LogP contribution in [0.4, 0.5) is 5.82 Å². The maximum atomic E-state index is 13.2. The molecule has 224 valence electrons. The van der Waals surface area contributed by atoms with Gasteiger partial charge in [-0.15, -0.1) is 0 Å². The average Bonchev–Trinajstić information content (AvgIpc) is 3.43. The van der Waals surface area contributed by atoms with Crippen molar-refractivity contribution in [1.82, 2.24) is 34.4 Å². The molecule has 4 aromatic rings. The third-order valence-corrected chi connectivity index (χ3v) is 8.64. The van der Waals surface area contributed by atoms with E-state index >= 15 is 0 Å². The van der Waals surface area contributed by atoms with Crippen LogP contribution in [0.1, 0.15) is 31.7 Å². The van der Waals surface area contributed by atoms with Crippen molar-refractivity contribution in [1.29, 1.82) is 0 Å². The van der Waals surface area contributed by atoms with Crippen molar-refractivity contribution in [3.05, 3.63) is 73.1 Å². The van der Waals surface area contributed by atoms with Crippen LogP contribution in [-0.2, 0) is 4.79 Å². The molecule has 2 aromatic heterocycles. The van der Waals surface area contributed by atoms with Gasteiger partial charge < -0.3 is 20.3 Å². The highest BCUT2D eigenvalue weighted by Gasteiger charge is 2.28. The Hall–Kier alpha value is -4.28. The van der Waals surface area contributed by atoms with E-state index in [2.05, 4.69) is 33.9 Å². The molecule has 0 saturated carbocycles.